The molecule has 0 radical (unpaired) electrons. The van der Waals surface area contributed by atoms with Crippen LogP contribution in [-0.2, 0) is 20.6 Å². The van der Waals surface area contributed by atoms with Crippen LogP contribution in [0.15, 0.2) is 66.7 Å². The van der Waals surface area contributed by atoms with Crippen molar-refractivity contribution < 1.29 is 32.4 Å². The summed E-state index contributed by atoms with van der Waals surface area (Å²) in [4.78, 5) is 44.2. The van der Waals surface area contributed by atoms with Crippen molar-refractivity contribution in [3.63, 3.8) is 0 Å². The number of benzene rings is 3. The summed E-state index contributed by atoms with van der Waals surface area (Å²) in [5.74, 6) is 0.358. The maximum atomic E-state index is 14.4. The van der Waals surface area contributed by atoms with Gasteiger partial charge in [0.15, 0.2) is 0 Å². The molecule has 2 saturated heterocycles. The molecule has 0 aromatic heterocycles. The van der Waals surface area contributed by atoms with Crippen LogP contribution in [0, 0.1) is 10.1 Å². The first-order valence-corrected chi connectivity index (χ1v) is 15.0. The Balaban J connectivity index is 1.23. The third-order valence-electron chi connectivity index (χ3n) is 8.02. The number of carbonyl (C=O) groups is 2. The van der Waals surface area contributed by atoms with Gasteiger partial charge >= 0.3 is 6.18 Å². The summed E-state index contributed by atoms with van der Waals surface area (Å²) in [5, 5.41) is 11.6. The summed E-state index contributed by atoms with van der Waals surface area (Å²) in [6.45, 7) is 4.03. The highest BCUT2D eigenvalue weighted by Crippen LogP contribution is 2.55. The molecule has 3 aromatic carbocycles. The zero-order valence-corrected chi connectivity index (χ0v) is 24.4. The van der Waals surface area contributed by atoms with Crippen LogP contribution in [0.4, 0.5) is 35.9 Å². The van der Waals surface area contributed by atoms with Gasteiger partial charge in [-0.3, -0.25) is 34.4 Å². The summed E-state index contributed by atoms with van der Waals surface area (Å²) in [6.07, 6.45) is -4.69. The molecule has 3 aromatic rings. The van der Waals surface area contributed by atoms with E-state index in [4.69, 9.17) is 4.74 Å². The van der Waals surface area contributed by atoms with E-state index in [2.05, 4.69) is 0 Å². The first-order chi connectivity index (χ1) is 21.0. The molecule has 0 bridgehead atoms. The molecule has 2 fully saturated rings. The second-order valence-corrected chi connectivity index (χ2v) is 11.7. The fraction of sp³-hybridized carbons (Fsp3) is 0.333. The lowest BCUT2D eigenvalue weighted by Crippen LogP contribution is -2.54. The van der Waals surface area contributed by atoms with Crippen molar-refractivity contribution in [2.45, 2.75) is 18.0 Å². The third kappa shape index (κ3) is 5.01. The van der Waals surface area contributed by atoms with Gasteiger partial charge in [-0.05, 0) is 49.4 Å². The third-order valence-corrected chi connectivity index (χ3v) is 9.41. The predicted molar refractivity (Wildman–Crippen MR) is 160 cm³/mol. The Bertz CT molecular complexity index is 1610. The van der Waals surface area contributed by atoms with E-state index in [1.54, 1.807) is 39.0 Å². The number of amides is 2. The zero-order chi connectivity index (χ0) is 31.2. The molecule has 1 atom stereocenters. The van der Waals surface area contributed by atoms with Gasteiger partial charge in [0.25, 0.3) is 11.6 Å². The van der Waals surface area contributed by atoms with Gasteiger partial charge in [0.05, 0.1) is 35.2 Å². The fourth-order valence-corrected chi connectivity index (χ4v) is 7.36. The van der Waals surface area contributed by atoms with Gasteiger partial charge < -0.3 is 9.64 Å². The van der Waals surface area contributed by atoms with Crippen LogP contribution >= 0.6 is 11.8 Å². The van der Waals surface area contributed by atoms with Crippen molar-refractivity contribution in [2.75, 3.05) is 59.9 Å². The number of alkyl halides is 3. The molecule has 1 spiro atoms. The Morgan fingerprint density at radius 2 is 1.68 bits per heavy atom. The van der Waals surface area contributed by atoms with E-state index in [1.165, 1.54) is 11.8 Å². The van der Waals surface area contributed by atoms with E-state index in [0.717, 1.165) is 12.1 Å². The summed E-state index contributed by atoms with van der Waals surface area (Å²) < 4.78 is 45.1. The van der Waals surface area contributed by atoms with Gasteiger partial charge in [0, 0.05) is 43.5 Å². The molecule has 230 valence electrons. The van der Waals surface area contributed by atoms with E-state index >= 15 is 0 Å². The van der Waals surface area contributed by atoms with Crippen molar-refractivity contribution in [3.05, 3.63) is 88.0 Å². The van der Waals surface area contributed by atoms with Crippen molar-refractivity contribution in [3.8, 4) is 5.75 Å². The molecule has 1 unspecified atom stereocenters. The van der Waals surface area contributed by atoms with Gasteiger partial charge in [-0.1, -0.05) is 18.2 Å². The molecule has 14 heteroatoms. The zero-order valence-electron chi connectivity index (χ0n) is 23.6. The molecule has 2 amide bonds. The first kappa shape index (κ1) is 29.8. The lowest BCUT2D eigenvalue weighted by molar-refractivity contribution is -0.384. The highest BCUT2D eigenvalue weighted by Gasteiger charge is 2.61. The highest BCUT2D eigenvalue weighted by molar-refractivity contribution is 8.02. The van der Waals surface area contributed by atoms with Crippen LogP contribution in [0.5, 0.6) is 5.75 Å². The number of rotatable bonds is 7. The standard InChI is InChI=1S/C30H28F3N5O5S/c1-2-43-22-10-8-21(9-11-22)37-27(39)18-44-29(37)23-5-3-4-6-24(23)36(28(29)40)19-34-13-15-35(16-14-34)25-12-7-20(30(31,32)33)17-26(25)38(41)42/h3-12,17H,2,13-16,18-19H2,1H3. The Labute approximate surface area is 255 Å². The van der Waals surface area contributed by atoms with E-state index < -0.39 is 27.2 Å². The molecule has 0 N–H and O–H groups in total. The quantitative estimate of drug-likeness (QED) is 0.265. The van der Waals surface area contributed by atoms with Crippen LogP contribution < -0.4 is 19.4 Å². The number of halogens is 3. The number of carbonyl (C=O) groups excluding carboxylic acids is 2. The Hall–Kier alpha value is -4.30. The lowest BCUT2D eigenvalue weighted by atomic mass is 10.0. The maximum absolute atomic E-state index is 14.4. The van der Waals surface area contributed by atoms with Crippen LogP contribution in [0.1, 0.15) is 18.1 Å². The first-order valence-electron chi connectivity index (χ1n) is 14.0. The lowest BCUT2D eigenvalue weighted by Gasteiger charge is -2.38. The molecular weight excluding hydrogens is 599 g/mol. The monoisotopic (exact) mass is 627 g/mol. The number of fused-ring (bicyclic) bond motifs is 2. The SMILES string of the molecule is CCOc1ccc(N2C(=O)CSC23C(=O)N(CN2CCN(c4ccc(C(F)(F)F)cc4[N+](=O)[O-])CC2)c2ccccc23)cc1. The largest absolute Gasteiger partial charge is 0.494 e. The minimum atomic E-state index is -4.69. The number of anilines is 3. The Morgan fingerprint density at radius 1 is 0.977 bits per heavy atom. The van der Waals surface area contributed by atoms with Gasteiger partial charge in [-0.2, -0.15) is 13.2 Å². The number of thioether (sulfide) groups is 1. The summed E-state index contributed by atoms with van der Waals surface area (Å²) in [5.41, 5.74) is 0.437. The number of nitro benzene ring substituents is 1. The highest BCUT2D eigenvalue weighted by atomic mass is 32.2. The van der Waals surface area contributed by atoms with E-state index in [1.807, 2.05) is 36.1 Å². The number of nitro groups is 1. The number of ether oxygens (including phenoxy) is 1. The van der Waals surface area contributed by atoms with Gasteiger partial charge in [-0.25, -0.2) is 0 Å². The summed E-state index contributed by atoms with van der Waals surface area (Å²) >= 11 is 1.28. The Kier molecular flexibility index (Phi) is 7.66. The molecule has 3 aliphatic heterocycles. The molecule has 6 rings (SSSR count). The number of hydrogen-bond acceptors (Lipinski definition) is 8. The van der Waals surface area contributed by atoms with Crippen molar-refractivity contribution in [1.82, 2.24) is 4.90 Å². The summed E-state index contributed by atoms with van der Waals surface area (Å²) in [6, 6.07) is 17.0. The van der Waals surface area contributed by atoms with E-state index in [0.29, 0.717) is 61.5 Å². The van der Waals surface area contributed by atoms with E-state index in [9.17, 15) is 32.9 Å². The van der Waals surface area contributed by atoms with Crippen molar-refractivity contribution >= 4 is 46.3 Å². The van der Waals surface area contributed by atoms with Crippen LogP contribution in [-0.4, -0.2) is 66.8 Å². The number of nitrogens with zero attached hydrogens (tertiary/aromatic N) is 5. The predicted octanol–water partition coefficient (Wildman–Crippen LogP) is 5.07. The normalized spacial score (nSPS) is 20.5. The van der Waals surface area contributed by atoms with Crippen LogP contribution in [0.2, 0.25) is 0 Å². The van der Waals surface area contributed by atoms with Gasteiger partial charge in [0.2, 0.25) is 10.8 Å². The summed E-state index contributed by atoms with van der Waals surface area (Å²) in [7, 11) is 0. The molecule has 0 aliphatic carbocycles. The van der Waals surface area contributed by atoms with Gasteiger partial charge in [-0.15, -0.1) is 11.8 Å². The van der Waals surface area contributed by atoms with Gasteiger partial charge in [0.1, 0.15) is 11.4 Å². The average Bonchev–Trinajstić information content (AvgIpc) is 3.47. The smallest absolute Gasteiger partial charge is 0.416 e. The molecule has 10 nitrogen and oxygen atoms in total. The molecule has 44 heavy (non-hydrogen) atoms. The number of para-hydroxylation sites is 1. The van der Waals surface area contributed by atoms with Crippen LogP contribution in [0.25, 0.3) is 0 Å². The average molecular weight is 628 g/mol. The number of piperazine rings is 1. The van der Waals surface area contributed by atoms with Crippen LogP contribution in [0.3, 0.4) is 0 Å². The minimum absolute atomic E-state index is 0.121. The van der Waals surface area contributed by atoms with Crippen molar-refractivity contribution in [1.29, 1.82) is 0 Å². The molecule has 3 heterocycles. The molecule has 0 saturated carbocycles. The topological polar surface area (TPSA) is 99.5 Å². The minimum Gasteiger partial charge on any atom is -0.494 e. The Morgan fingerprint density at radius 3 is 2.34 bits per heavy atom. The second kappa shape index (κ2) is 11.3. The van der Waals surface area contributed by atoms with E-state index in [-0.39, 0.29) is 29.9 Å². The number of hydrogen-bond donors (Lipinski definition) is 0. The molecular formula is C30H28F3N5O5S. The fourth-order valence-electron chi connectivity index (χ4n) is 6.00. The van der Waals surface area contributed by atoms with Crippen molar-refractivity contribution in [2.24, 2.45) is 0 Å². The second-order valence-electron chi connectivity index (χ2n) is 10.5. The maximum Gasteiger partial charge on any atom is 0.416 e. The molecule has 3 aliphatic rings.